The van der Waals surface area contributed by atoms with E-state index in [9.17, 15) is 27.6 Å². The van der Waals surface area contributed by atoms with Gasteiger partial charge in [0, 0.05) is 51.5 Å². The summed E-state index contributed by atoms with van der Waals surface area (Å²) in [6.45, 7) is 4.03. The molecule has 0 unspecified atom stereocenters. The summed E-state index contributed by atoms with van der Waals surface area (Å²) >= 11 is 0. The highest BCUT2D eigenvalue weighted by atomic mass is 19.4. The quantitative estimate of drug-likeness (QED) is 0.434. The second-order valence-electron chi connectivity index (χ2n) is 9.75. The van der Waals surface area contributed by atoms with Crippen molar-refractivity contribution in [3.05, 3.63) is 64.7 Å². The Labute approximate surface area is 225 Å². The molecule has 0 saturated heterocycles. The number of hydrogen-bond acceptors (Lipinski definition) is 4. The molecule has 0 spiro atoms. The van der Waals surface area contributed by atoms with E-state index in [0.717, 1.165) is 22.1 Å². The van der Waals surface area contributed by atoms with Crippen LogP contribution in [-0.2, 0) is 30.5 Å². The van der Waals surface area contributed by atoms with Crippen LogP contribution in [0.15, 0.2) is 42.5 Å². The number of carbonyl (C=O) groups is 3. The first-order chi connectivity index (χ1) is 18.4. The molecule has 1 aliphatic heterocycles. The van der Waals surface area contributed by atoms with Crippen LogP contribution in [0.25, 0.3) is 0 Å². The smallest absolute Gasteiger partial charge is 0.416 e. The van der Waals surface area contributed by atoms with Crippen molar-refractivity contribution in [3.8, 4) is 0 Å². The first-order valence-corrected chi connectivity index (χ1v) is 12.6. The van der Waals surface area contributed by atoms with Crippen LogP contribution in [0.3, 0.4) is 0 Å². The van der Waals surface area contributed by atoms with Crippen LogP contribution in [0.1, 0.15) is 36.1 Å². The van der Waals surface area contributed by atoms with Gasteiger partial charge < -0.3 is 30.4 Å². The monoisotopic (exact) mass is 549 g/mol. The van der Waals surface area contributed by atoms with Crippen molar-refractivity contribution in [3.63, 3.8) is 0 Å². The van der Waals surface area contributed by atoms with Gasteiger partial charge in [-0.15, -0.1) is 0 Å². The molecule has 9 nitrogen and oxygen atoms in total. The minimum absolute atomic E-state index is 0.0132. The topological polar surface area (TPSA) is 105 Å². The summed E-state index contributed by atoms with van der Waals surface area (Å²) in [5, 5.41) is 15.2. The molecule has 3 N–H and O–H groups in total. The van der Waals surface area contributed by atoms with E-state index >= 15 is 0 Å². The molecule has 0 aromatic heterocycles. The fourth-order valence-electron chi connectivity index (χ4n) is 4.37. The largest absolute Gasteiger partial charge is 0.465 e. The Bertz CT molecular complexity index is 1190. The maximum absolute atomic E-state index is 13.6. The number of hydrogen-bond donors (Lipinski definition) is 3. The standard InChI is InChI=1S/C27H34F3N5O4/c1-18(2)32-25(37)35-12-11-21-19(16-35)8-6-10-23(21)31-15-24(36)34(14-13-33(3)26(38)39)17-20-7-4-5-9-22(20)27(28,29)30/h4-10,18,31H,11-17H2,1-3H3,(H,32,37)(H,38,39). The summed E-state index contributed by atoms with van der Waals surface area (Å²) in [7, 11) is 1.33. The van der Waals surface area contributed by atoms with Crippen molar-refractivity contribution in [1.29, 1.82) is 0 Å². The molecule has 0 saturated carbocycles. The number of nitrogens with one attached hydrogen (secondary N) is 2. The van der Waals surface area contributed by atoms with Crippen molar-refractivity contribution in [2.45, 2.75) is 45.6 Å². The maximum atomic E-state index is 13.6. The van der Waals surface area contributed by atoms with Gasteiger partial charge in [0.1, 0.15) is 0 Å². The van der Waals surface area contributed by atoms with Crippen molar-refractivity contribution in [2.75, 3.05) is 38.5 Å². The summed E-state index contributed by atoms with van der Waals surface area (Å²) in [5.41, 5.74) is 1.71. The minimum atomic E-state index is -4.59. The lowest BCUT2D eigenvalue weighted by Crippen LogP contribution is -2.45. The Kier molecular flexibility index (Phi) is 9.66. The number of urea groups is 1. The van der Waals surface area contributed by atoms with Gasteiger partial charge >= 0.3 is 18.3 Å². The van der Waals surface area contributed by atoms with E-state index in [1.54, 1.807) is 4.90 Å². The van der Waals surface area contributed by atoms with Gasteiger partial charge in [0.25, 0.3) is 0 Å². The maximum Gasteiger partial charge on any atom is 0.416 e. The third-order valence-corrected chi connectivity index (χ3v) is 6.46. The molecule has 0 fully saturated rings. The molecule has 4 amide bonds. The summed E-state index contributed by atoms with van der Waals surface area (Å²) in [6.07, 6.45) is -5.22. The van der Waals surface area contributed by atoms with Gasteiger partial charge in [-0.1, -0.05) is 30.3 Å². The normalized spacial score (nSPS) is 13.1. The number of nitrogens with zero attached hydrogens (tertiary/aromatic N) is 3. The molecule has 0 radical (unpaired) electrons. The molecular weight excluding hydrogens is 515 g/mol. The Morgan fingerprint density at radius 1 is 1.08 bits per heavy atom. The Hall–Kier alpha value is -3.96. The molecule has 1 heterocycles. The molecule has 39 heavy (non-hydrogen) atoms. The summed E-state index contributed by atoms with van der Waals surface area (Å²) in [4.78, 5) is 40.8. The lowest BCUT2D eigenvalue weighted by Gasteiger charge is -2.31. The van der Waals surface area contributed by atoms with Gasteiger partial charge in [0.15, 0.2) is 0 Å². The summed E-state index contributed by atoms with van der Waals surface area (Å²) in [5.74, 6) is -0.475. The predicted molar refractivity (Wildman–Crippen MR) is 140 cm³/mol. The van der Waals surface area contributed by atoms with Crippen LogP contribution in [0.5, 0.6) is 0 Å². The van der Waals surface area contributed by atoms with E-state index in [-0.39, 0.29) is 43.8 Å². The lowest BCUT2D eigenvalue weighted by atomic mass is 9.98. The molecule has 0 atom stereocenters. The summed E-state index contributed by atoms with van der Waals surface area (Å²) < 4.78 is 40.7. The third-order valence-electron chi connectivity index (χ3n) is 6.46. The average molecular weight is 550 g/mol. The van der Waals surface area contributed by atoms with Crippen LogP contribution in [0.4, 0.5) is 28.4 Å². The molecule has 1 aliphatic rings. The van der Waals surface area contributed by atoms with Crippen LogP contribution >= 0.6 is 0 Å². The van der Waals surface area contributed by atoms with Gasteiger partial charge in [0.2, 0.25) is 5.91 Å². The van der Waals surface area contributed by atoms with E-state index in [1.165, 1.54) is 30.1 Å². The second kappa shape index (κ2) is 12.7. The van der Waals surface area contributed by atoms with E-state index in [0.29, 0.717) is 25.2 Å². The molecule has 12 heteroatoms. The van der Waals surface area contributed by atoms with Crippen LogP contribution < -0.4 is 10.6 Å². The second-order valence-corrected chi connectivity index (χ2v) is 9.75. The van der Waals surface area contributed by atoms with Gasteiger partial charge in [-0.3, -0.25) is 4.79 Å². The van der Waals surface area contributed by atoms with Crippen molar-refractivity contribution in [1.82, 2.24) is 20.0 Å². The van der Waals surface area contributed by atoms with E-state index < -0.39 is 23.7 Å². The van der Waals surface area contributed by atoms with Gasteiger partial charge in [0.05, 0.1) is 12.1 Å². The number of carbonyl (C=O) groups excluding carboxylic acids is 2. The van der Waals surface area contributed by atoms with E-state index in [4.69, 9.17) is 5.11 Å². The zero-order valence-corrected chi connectivity index (χ0v) is 22.2. The number of alkyl halides is 3. The number of rotatable bonds is 9. The fourth-order valence-corrected chi connectivity index (χ4v) is 4.37. The molecule has 2 aromatic carbocycles. The van der Waals surface area contributed by atoms with Gasteiger partial charge in [-0.05, 0) is 49.1 Å². The van der Waals surface area contributed by atoms with Crippen molar-refractivity contribution < 1.29 is 32.7 Å². The minimum Gasteiger partial charge on any atom is -0.465 e. The first-order valence-electron chi connectivity index (χ1n) is 12.6. The number of carboxylic acid groups (broad SMARTS) is 1. The molecular formula is C27H34F3N5O4. The van der Waals surface area contributed by atoms with E-state index in [1.807, 2.05) is 32.0 Å². The highest BCUT2D eigenvalue weighted by Gasteiger charge is 2.33. The van der Waals surface area contributed by atoms with Crippen LogP contribution in [-0.4, -0.2) is 77.1 Å². The van der Waals surface area contributed by atoms with Crippen LogP contribution in [0, 0.1) is 0 Å². The molecule has 2 aromatic rings. The number of halogens is 3. The van der Waals surface area contributed by atoms with E-state index in [2.05, 4.69) is 10.6 Å². The van der Waals surface area contributed by atoms with Crippen LogP contribution in [0.2, 0.25) is 0 Å². The summed E-state index contributed by atoms with van der Waals surface area (Å²) in [6, 6.07) is 10.4. The molecule has 0 aliphatic carbocycles. The number of amides is 4. The molecule has 212 valence electrons. The highest BCUT2D eigenvalue weighted by Crippen LogP contribution is 2.32. The zero-order valence-electron chi connectivity index (χ0n) is 22.2. The molecule has 3 rings (SSSR count). The zero-order chi connectivity index (χ0) is 28.7. The fraction of sp³-hybridized carbons (Fsp3) is 0.444. The van der Waals surface area contributed by atoms with Crippen molar-refractivity contribution in [2.24, 2.45) is 0 Å². The molecule has 0 bridgehead atoms. The Morgan fingerprint density at radius 3 is 2.46 bits per heavy atom. The Morgan fingerprint density at radius 2 is 1.79 bits per heavy atom. The number of fused-ring (bicyclic) bond motifs is 1. The third kappa shape index (κ3) is 8.01. The number of benzene rings is 2. The first kappa shape index (κ1) is 29.6. The predicted octanol–water partition coefficient (Wildman–Crippen LogP) is 4.23. The number of likely N-dealkylation sites (N-methyl/N-ethyl adjacent to an activating group) is 1. The highest BCUT2D eigenvalue weighted by molar-refractivity contribution is 5.81. The number of anilines is 1. The van der Waals surface area contributed by atoms with Gasteiger partial charge in [-0.25, -0.2) is 9.59 Å². The lowest BCUT2D eigenvalue weighted by molar-refractivity contribution is -0.139. The SMILES string of the molecule is CC(C)NC(=O)N1CCc2c(cccc2NCC(=O)N(CCN(C)C(=O)O)Cc2ccccc2C(F)(F)F)C1. The average Bonchev–Trinajstić information content (AvgIpc) is 2.88. The van der Waals surface area contributed by atoms with Gasteiger partial charge in [-0.2, -0.15) is 13.2 Å². The van der Waals surface area contributed by atoms with Crippen molar-refractivity contribution >= 4 is 23.7 Å². The Balaban J connectivity index is 1.74.